The summed E-state index contributed by atoms with van der Waals surface area (Å²) in [5.41, 5.74) is 1.20. The van der Waals surface area contributed by atoms with Crippen LogP contribution in [0.5, 0.6) is 0 Å². The van der Waals surface area contributed by atoms with Crippen molar-refractivity contribution in [3.05, 3.63) is 66.0 Å². The summed E-state index contributed by atoms with van der Waals surface area (Å²) in [6.07, 6.45) is 0.688. The highest BCUT2D eigenvalue weighted by Gasteiger charge is 2.27. The van der Waals surface area contributed by atoms with E-state index in [0.717, 1.165) is 5.56 Å². The van der Waals surface area contributed by atoms with Crippen LogP contribution in [-0.4, -0.2) is 28.1 Å². The van der Waals surface area contributed by atoms with E-state index in [9.17, 15) is 14.0 Å². The quantitative estimate of drug-likeness (QED) is 0.611. The maximum atomic E-state index is 13.1. The summed E-state index contributed by atoms with van der Waals surface area (Å²) in [5.74, 6) is -1.34. The predicted molar refractivity (Wildman–Crippen MR) is 111 cm³/mol. The van der Waals surface area contributed by atoms with Crippen LogP contribution in [-0.2, 0) is 4.79 Å². The second-order valence-electron chi connectivity index (χ2n) is 6.61. The van der Waals surface area contributed by atoms with Crippen LogP contribution in [0.1, 0.15) is 30.6 Å². The molecule has 0 bridgehead atoms. The molecule has 0 saturated heterocycles. The summed E-state index contributed by atoms with van der Waals surface area (Å²) in [4.78, 5) is 25.3. The Hall–Kier alpha value is -3.13. The predicted octanol–water partition coefficient (Wildman–Crippen LogP) is 4.13. The number of amides is 2. The second kappa shape index (κ2) is 9.38. The summed E-state index contributed by atoms with van der Waals surface area (Å²) in [6, 6.07) is 14.0. The van der Waals surface area contributed by atoms with Crippen molar-refractivity contribution < 1.29 is 14.0 Å². The highest BCUT2D eigenvalue weighted by atomic mass is 32.1. The van der Waals surface area contributed by atoms with Crippen molar-refractivity contribution in [1.82, 2.24) is 15.5 Å². The van der Waals surface area contributed by atoms with E-state index in [4.69, 9.17) is 0 Å². The van der Waals surface area contributed by atoms with Crippen LogP contribution in [0.4, 0.5) is 9.52 Å². The Labute approximate surface area is 172 Å². The van der Waals surface area contributed by atoms with Crippen LogP contribution in [0, 0.1) is 11.7 Å². The van der Waals surface area contributed by atoms with Crippen molar-refractivity contribution >= 4 is 28.3 Å². The number of aromatic nitrogens is 2. The van der Waals surface area contributed by atoms with Gasteiger partial charge in [-0.2, -0.15) is 0 Å². The summed E-state index contributed by atoms with van der Waals surface area (Å²) in [7, 11) is 0. The van der Waals surface area contributed by atoms with E-state index in [1.165, 1.54) is 35.6 Å². The van der Waals surface area contributed by atoms with Crippen LogP contribution in [0.2, 0.25) is 0 Å². The monoisotopic (exact) mass is 412 g/mol. The van der Waals surface area contributed by atoms with Gasteiger partial charge in [-0.1, -0.05) is 61.9 Å². The number of nitrogens with one attached hydrogen (secondary N) is 2. The van der Waals surface area contributed by atoms with Gasteiger partial charge in [-0.3, -0.25) is 14.9 Å². The van der Waals surface area contributed by atoms with Crippen LogP contribution in [0.3, 0.4) is 0 Å². The van der Waals surface area contributed by atoms with Gasteiger partial charge in [0.25, 0.3) is 5.91 Å². The minimum atomic E-state index is -0.762. The van der Waals surface area contributed by atoms with Gasteiger partial charge in [0, 0.05) is 11.1 Å². The van der Waals surface area contributed by atoms with Gasteiger partial charge in [0.15, 0.2) is 0 Å². The fourth-order valence-corrected chi connectivity index (χ4v) is 3.43. The van der Waals surface area contributed by atoms with Crippen molar-refractivity contribution in [2.75, 3.05) is 5.32 Å². The number of nitrogens with zero attached hydrogens (tertiary/aromatic N) is 2. The molecule has 0 saturated carbocycles. The first kappa shape index (κ1) is 20.6. The van der Waals surface area contributed by atoms with E-state index < -0.39 is 17.8 Å². The van der Waals surface area contributed by atoms with Gasteiger partial charge >= 0.3 is 0 Å². The molecule has 2 N–H and O–H groups in total. The molecule has 0 aliphatic rings. The number of rotatable bonds is 7. The summed E-state index contributed by atoms with van der Waals surface area (Å²) in [6.45, 7) is 3.82. The third-order valence-corrected chi connectivity index (χ3v) is 5.45. The van der Waals surface area contributed by atoms with E-state index >= 15 is 0 Å². The molecular weight excluding hydrogens is 391 g/mol. The SMILES string of the molecule is CCC(C)C(NC(=O)c1ccc(F)cc1)C(=O)Nc1nnc(-c2ccccc2)s1. The largest absolute Gasteiger partial charge is 0.340 e. The molecule has 150 valence electrons. The Morgan fingerprint density at radius 1 is 1.07 bits per heavy atom. The smallest absolute Gasteiger partial charge is 0.251 e. The normalized spacial score (nSPS) is 12.8. The Kier molecular flexibility index (Phi) is 6.66. The Bertz CT molecular complexity index is 976. The van der Waals surface area contributed by atoms with Crippen LogP contribution in [0.25, 0.3) is 10.6 Å². The molecule has 1 heterocycles. The first-order valence-electron chi connectivity index (χ1n) is 9.24. The van der Waals surface area contributed by atoms with Gasteiger partial charge in [-0.05, 0) is 30.2 Å². The van der Waals surface area contributed by atoms with Gasteiger partial charge in [-0.15, -0.1) is 10.2 Å². The molecule has 3 rings (SSSR count). The fraction of sp³-hybridized carbons (Fsp3) is 0.238. The van der Waals surface area contributed by atoms with E-state index in [-0.39, 0.29) is 17.4 Å². The Morgan fingerprint density at radius 2 is 1.76 bits per heavy atom. The maximum absolute atomic E-state index is 13.1. The Balaban J connectivity index is 1.72. The first-order chi connectivity index (χ1) is 14.0. The van der Waals surface area contributed by atoms with Gasteiger partial charge in [0.1, 0.15) is 16.9 Å². The number of halogens is 1. The minimum absolute atomic E-state index is 0.110. The van der Waals surface area contributed by atoms with E-state index in [1.54, 1.807) is 0 Å². The summed E-state index contributed by atoms with van der Waals surface area (Å²) >= 11 is 1.26. The molecule has 0 radical (unpaired) electrons. The molecule has 6 nitrogen and oxygen atoms in total. The van der Waals surface area contributed by atoms with E-state index in [1.807, 2.05) is 44.2 Å². The average molecular weight is 412 g/mol. The number of carbonyl (C=O) groups is 2. The van der Waals surface area contributed by atoms with Crippen LogP contribution < -0.4 is 10.6 Å². The third kappa shape index (κ3) is 5.23. The standard InChI is InChI=1S/C21H21FN4O2S/c1-3-13(2)17(23-18(27)14-9-11-16(22)12-10-14)19(28)24-21-26-25-20(29-21)15-7-5-4-6-8-15/h4-13,17H,3H2,1-2H3,(H,23,27)(H,24,26,28). The molecule has 2 unspecified atom stereocenters. The van der Waals surface area contributed by atoms with Gasteiger partial charge in [0.05, 0.1) is 0 Å². The van der Waals surface area contributed by atoms with Crippen molar-refractivity contribution in [3.63, 3.8) is 0 Å². The highest BCUT2D eigenvalue weighted by molar-refractivity contribution is 7.18. The second-order valence-corrected chi connectivity index (χ2v) is 7.59. The minimum Gasteiger partial charge on any atom is -0.340 e. The van der Waals surface area contributed by atoms with Gasteiger partial charge in [0.2, 0.25) is 11.0 Å². The molecule has 29 heavy (non-hydrogen) atoms. The van der Waals surface area contributed by atoms with Crippen LogP contribution >= 0.6 is 11.3 Å². The lowest BCUT2D eigenvalue weighted by molar-refractivity contribution is -0.119. The van der Waals surface area contributed by atoms with Crippen molar-refractivity contribution in [3.8, 4) is 10.6 Å². The highest BCUT2D eigenvalue weighted by Crippen LogP contribution is 2.26. The molecule has 0 fully saturated rings. The maximum Gasteiger partial charge on any atom is 0.251 e. The van der Waals surface area contributed by atoms with Crippen molar-refractivity contribution in [1.29, 1.82) is 0 Å². The molecule has 8 heteroatoms. The molecular formula is C21H21FN4O2S. The van der Waals surface area contributed by atoms with Gasteiger partial charge < -0.3 is 5.32 Å². The molecule has 2 aromatic carbocycles. The van der Waals surface area contributed by atoms with E-state index in [2.05, 4.69) is 20.8 Å². The first-order valence-corrected chi connectivity index (χ1v) is 10.1. The van der Waals surface area contributed by atoms with Gasteiger partial charge in [-0.25, -0.2) is 4.39 Å². The lowest BCUT2D eigenvalue weighted by Crippen LogP contribution is -2.47. The number of carbonyl (C=O) groups excluding carboxylic acids is 2. The number of hydrogen-bond donors (Lipinski definition) is 2. The summed E-state index contributed by atoms with van der Waals surface area (Å²) < 4.78 is 13.1. The topological polar surface area (TPSA) is 84.0 Å². The van der Waals surface area contributed by atoms with Crippen molar-refractivity contribution in [2.45, 2.75) is 26.3 Å². The molecule has 2 amide bonds. The van der Waals surface area contributed by atoms with Crippen LogP contribution in [0.15, 0.2) is 54.6 Å². The lowest BCUT2D eigenvalue weighted by atomic mass is 9.98. The number of hydrogen-bond acceptors (Lipinski definition) is 5. The Morgan fingerprint density at radius 3 is 2.41 bits per heavy atom. The lowest BCUT2D eigenvalue weighted by Gasteiger charge is -2.23. The number of benzene rings is 2. The average Bonchev–Trinajstić information content (AvgIpc) is 3.20. The molecule has 1 aromatic heterocycles. The molecule has 0 spiro atoms. The fourth-order valence-electron chi connectivity index (χ4n) is 2.68. The third-order valence-electron chi connectivity index (χ3n) is 4.56. The molecule has 3 aromatic rings. The zero-order chi connectivity index (χ0) is 20.8. The molecule has 0 aliphatic heterocycles. The zero-order valence-electron chi connectivity index (χ0n) is 16.1. The van der Waals surface area contributed by atoms with Crippen molar-refractivity contribution in [2.24, 2.45) is 5.92 Å². The van der Waals surface area contributed by atoms with E-state index in [0.29, 0.717) is 16.6 Å². The molecule has 0 aliphatic carbocycles. The summed E-state index contributed by atoms with van der Waals surface area (Å²) in [5, 5.41) is 14.7. The molecule has 2 atom stereocenters. The number of anilines is 1. The zero-order valence-corrected chi connectivity index (χ0v) is 16.9.